The number of aliphatic hydroxyl groups is 1. The highest BCUT2D eigenvalue weighted by atomic mass is 31.2. The third kappa shape index (κ3) is 3.65. The molecule has 0 amide bonds. The number of benzene rings is 2. The summed E-state index contributed by atoms with van der Waals surface area (Å²) in [7, 11) is -2.98. The van der Waals surface area contributed by atoms with E-state index < -0.39 is 13.2 Å². The Bertz CT molecular complexity index is 634. The molecule has 0 aliphatic carbocycles. The second kappa shape index (κ2) is 7.77. The molecule has 2 atom stereocenters. The van der Waals surface area contributed by atoms with Crippen LogP contribution in [-0.2, 0) is 4.57 Å². The first-order valence-electron chi connectivity index (χ1n) is 8.03. The van der Waals surface area contributed by atoms with Crippen molar-refractivity contribution in [3.63, 3.8) is 0 Å². The minimum absolute atomic E-state index is 0.0763. The van der Waals surface area contributed by atoms with E-state index in [4.69, 9.17) is 0 Å². The molecule has 2 aromatic carbocycles. The smallest absolute Gasteiger partial charge is 0.149 e. The van der Waals surface area contributed by atoms with Crippen LogP contribution in [0.1, 0.15) is 20.8 Å². The normalized spacial score (nSPS) is 15.0. The fraction of sp³-hybridized carbons (Fsp3) is 0.300. The molecular weight excluding hydrogens is 303 g/mol. The lowest BCUT2D eigenvalue weighted by molar-refractivity contribution is 0.198. The van der Waals surface area contributed by atoms with E-state index in [0.717, 1.165) is 10.6 Å². The van der Waals surface area contributed by atoms with Crippen LogP contribution in [0.4, 0.5) is 0 Å². The van der Waals surface area contributed by atoms with Gasteiger partial charge in [-0.3, -0.25) is 0 Å². The fourth-order valence-corrected chi connectivity index (χ4v) is 6.72. The zero-order chi connectivity index (χ0) is 16.9. The molecule has 122 valence electrons. The molecule has 0 saturated carbocycles. The number of aliphatic hydroxyl groups excluding tert-OH is 1. The molecule has 0 fully saturated rings. The highest BCUT2D eigenvalue weighted by Gasteiger charge is 2.41. The SMILES string of the molecule is C/C=C/C(O)C(C(C)C)P(=O)(c1ccccc1)c1ccccc1. The van der Waals surface area contributed by atoms with E-state index in [2.05, 4.69) is 0 Å². The van der Waals surface area contributed by atoms with Crippen molar-refractivity contribution >= 4 is 17.8 Å². The quantitative estimate of drug-likeness (QED) is 0.644. The van der Waals surface area contributed by atoms with Crippen LogP contribution in [0.25, 0.3) is 0 Å². The summed E-state index contributed by atoms with van der Waals surface area (Å²) in [5, 5.41) is 12.3. The largest absolute Gasteiger partial charge is 0.388 e. The topological polar surface area (TPSA) is 37.3 Å². The van der Waals surface area contributed by atoms with Gasteiger partial charge in [0.05, 0.1) is 11.8 Å². The maximum absolute atomic E-state index is 14.3. The highest BCUT2D eigenvalue weighted by molar-refractivity contribution is 7.79. The van der Waals surface area contributed by atoms with Crippen LogP contribution < -0.4 is 10.6 Å². The first kappa shape index (κ1) is 17.7. The molecule has 2 nitrogen and oxygen atoms in total. The molecule has 0 spiro atoms. The Hall–Kier alpha value is -1.63. The molecule has 0 aromatic heterocycles. The van der Waals surface area contributed by atoms with Gasteiger partial charge >= 0.3 is 0 Å². The van der Waals surface area contributed by atoms with Gasteiger partial charge < -0.3 is 9.67 Å². The van der Waals surface area contributed by atoms with Gasteiger partial charge in [-0.05, 0) is 12.8 Å². The standard InChI is InChI=1S/C20H25O2P/c1-4-11-19(21)20(16(2)3)23(22,17-12-7-5-8-13-17)18-14-9-6-10-15-18/h4-16,19-21H,1-3H3/b11-4+. The van der Waals surface area contributed by atoms with Gasteiger partial charge in [-0.1, -0.05) is 86.7 Å². The number of rotatable bonds is 6. The monoisotopic (exact) mass is 328 g/mol. The molecule has 0 saturated heterocycles. The third-order valence-corrected chi connectivity index (χ3v) is 7.99. The summed E-state index contributed by atoms with van der Waals surface area (Å²) in [5.74, 6) is 0.0763. The molecule has 2 rings (SSSR count). The van der Waals surface area contributed by atoms with Gasteiger partial charge in [0.2, 0.25) is 0 Å². The molecule has 0 aliphatic rings. The predicted molar refractivity (Wildman–Crippen MR) is 99.2 cm³/mol. The van der Waals surface area contributed by atoms with Crippen LogP contribution in [0.2, 0.25) is 0 Å². The van der Waals surface area contributed by atoms with Crippen molar-refractivity contribution in [1.82, 2.24) is 0 Å². The van der Waals surface area contributed by atoms with Gasteiger partial charge in [0.1, 0.15) is 7.14 Å². The molecule has 23 heavy (non-hydrogen) atoms. The van der Waals surface area contributed by atoms with Crippen molar-refractivity contribution in [1.29, 1.82) is 0 Å². The summed E-state index contributed by atoms with van der Waals surface area (Å²) < 4.78 is 14.3. The van der Waals surface area contributed by atoms with Crippen molar-refractivity contribution in [3.8, 4) is 0 Å². The van der Waals surface area contributed by atoms with E-state index in [0.29, 0.717) is 0 Å². The number of allylic oxidation sites excluding steroid dienone is 1. The van der Waals surface area contributed by atoms with E-state index in [-0.39, 0.29) is 11.6 Å². The fourth-order valence-electron chi connectivity index (χ4n) is 3.13. The summed E-state index contributed by atoms with van der Waals surface area (Å²) in [6.45, 7) is 5.92. The highest BCUT2D eigenvalue weighted by Crippen LogP contribution is 2.52. The molecule has 0 aliphatic heterocycles. The Morgan fingerprint density at radius 1 is 0.913 bits per heavy atom. The molecule has 2 unspecified atom stereocenters. The van der Waals surface area contributed by atoms with Crippen LogP contribution in [0, 0.1) is 5.92 Å². The first-order valence-corrected chi connectivity index (χ1v) is 9.81. The molecule has 1 N–H and O–H groups in total. The van der Waals surface area contributed by atoms with Crippen LogP contribution in [-0.4, -0.2) is 16.9 Å². The van der Waals surface area contributed by atoms with Gasteiger partial charge in [-0.15, -0.1) is 0 Å². The summed E-state index contributed by atoms with van der Waals surface area (Å²) in [6, 6.07) is 19.1. The summed E-state index contributed by atoms with van der Waals surface area (Å²) in [5.41, 5.74) is -0.358. The van der Waals surface area contributed by atoms with Crippen LogP contribution in [0.15, 0.2) is 72.8 Å². The van der Waals surface area contributed by atoms with E-state index in [9.17, 15) is 9.67 Å². The minimum atomic E-state index is -2.98. The average molecular weight is 328 g/mol. The minimum Gasteiger partial charge on any atom is -0.388 e. The summed E-state index contributed by atoms with van der Waals surface area (Å²) >= 11 is 0. The van der Waals surface area contributed by atoms with Crippen LogP contribution in [0.5, 0.6) is 0 Å². The Kier molecular flexibility index (Phi) is 5.98. The predicted octanol–water partition coefficient (Wildman–Crippen LogP) is 3.96. The number of hydrogen-bond acceptors (Lipinski definition) is 2. The van der Waals surface area contributed by atoms with Gasteiger partial charge in [-0.25, -0.2) is 0 Å². The molecule has 2 aromatic rings. The lowest BCUT2D eigenvalue weighted by Crippen LogP contribution is -2.37. The molecule has 0 heterocycles. The van der Waals surface area contributed by atoms with Gasteiger partial charge in [0.25, 0.3) is 0 Å². The zero-order valence-corrected chi connectivity index (χ0v) is 14.9. The Morgan fingerprint density at radius 2 is 1.35 bits per heavy atom. The van der Waals surface area contributed by atoms with Gasteiger partial charge in [0.15, 0.2) is 0 Å². The average Bonchev–Trinajstić information content (AvgIpc) is 2.56. The van der Waals surface area contributed by atoms with Crippen molar-refractivity contribution in [2.24, 2.45) is 5.92 Å². The maximum atomic E-state index is 14.3. The second-order valence-corrected chi connectivity index (χ2v) is 9.03. The maximum Gasteiger partial charge on any atom is 0.149 e. The van der Waals surface area contributed by atoms with Crippen molar-refractivity contribution in [2.75, 3.05) is 0 Å². The molecule has 0 radical (unpaired) electrons. The lowest BCUT2D eigenvalue weighted by atomic mass is 10.0. The Balaban J connectivity index is 2.69. The summed E-state index contributed by atoms with van der Waals surface area (Å²) in [4.78, 5) is 0. The molecular formula is C20H25O2P. The summed E-state index contributed by atoms with van der Waals surface area (Å²) in [6.07, 6.45) is 2.81. The molecule has 0 bridgehead atoms. The second-order valence-electron chi connectivity index (χ2n) is 6.08. The van der Waals surface area contributed by atoms with E-state index in [1.807, 2.05) is 87.5 Å². The Labute approximate surface area is 139 Å². The van der Waals surface area contributed by atoms with E-state index in [1.165, 1.54) is 0 Å². The van der Waals surface area contributed by atoms with E-state index >= 15 is 0 Å². The first-order chi connectivity index (χ1) is 11.0. The number of hydrogen-bond donors (Lipinski definition) is 1. The van der Waals surface area contributed by atoms with Gasteiger partial charge in [-0.2, -0.15) is 0 Å². The van der Waals surface area contributed by atoms with Crippen molar-refractivity contribution in [2.45, 2.75) is 32.5 Å². The van der Waals surface area contributed by atoms with E-state index in [1.54, 1.807) is 6.08 Å². The van der Waals surface area contributed by atoms with Crippen molar-refractivity contribution < 1.29 is 9.67 Å². The lowest BCUT2D eigenvalue weighted by Gasteiger charge is -2.34. The van der Waals surface area contributed by atoms with Crippen LogP contribution >= 0.6 is 7.14 Å². The third-order valence-electron chi connectivity index (χ3n) is 4.12. The van der Waals surface area contributed by atoms with Crippen LogP contribution in [0.3, 0.4) is 0 Å². The zero-order valence-electron chi connectivity index (χ0n) is 14.0. The molecule has 3 heteroatoms. The van der Waals surface area contributed by atoms with Crippen molar-refractivity contribution in [3.05, 3.63) is 72.8 Å². The Morgan fingerprint density at radius 3 is 1.70 bits per heavy atom. The van der Waals surface area contributed by atoms with Gasteiger partial charge in [0, 0.05) is 10.6 Å².